The van der Waals surface area contributed by atoms with Crippen LogP contribution in [0.25, 0.3) is 0 Å². The summed E-state index contributed by atoms with van der Waals surface area (Å²) >= 11 is 0. The van der Waals surface area contributed by atoms with Crippen molar-refractivity contribution in [3.8, 4) is 0 Å². The Kier molecular flexibility index (Phi) is 14.7. The molecule has 0 amide bonds. The zero-order chi connectivity index (χ0) is 17.5. The van der Waals surface area contributed by atoms with Crippen LogP contribution in [0, 0.1) is 0 Å². The largest absolute Gasteiger partial charge is 0.349 e. The minimum atomic E-state index is -0.579. The van der Waals surface area contributed by atoms with Crippen molar-refractivity contribution in [1.29, 1.82) is 0 Å². The van der Waals surface area contributed by atoms with Gasteiger partial charge in [-0.15, -0.1) is 0 Å². The van der Waals surface area contributed by atoms with Gasteiger partial charge in [0.2, 0.25) is 0 Å². The third-order valence-electron chi connectivity index (χ3n) is 4.15. The fourth-order valence-electron chi connectivity index (χ4n) is 3.01. The Hall–Kier alpha value is -0.513. The molecule has 0 saturated carbocycles. The van der Waals surface area contributed by atoms with Gasteiger partial charge < -0.3 is 9.80 Å². The zero-order valence-corrected chi connectivity index (χ0v) is 18.1. The SMILES string of the molecule is CCCCCCCCCCCCN=C(N(C)C)N(C)C[SiH](C)C. The predicted octanol–water partition coefficient (Wildman–Crippen LogP) is 4.78. The number of guanidine groups is 1. The van der Waals surface area contributed by atoms with Crippen molar-refractivity contribution in [1.82, 2.24) is 9.80 Å². The Labute approximate surface area is 148 Å². The van der Waals surface area contributed by atoms with Gasteiger partial charge in [0.1, 0.15) is 0 Å². The van der Waals surface area contributed by atoms with E-state index in [-0.39, 0.29) is 0 Å². The number of aliphatic imine (C=N–C) groups is 1. The second kappa shape index (κ2) is 15.0. The van der Waals surface area contributed by atoms with Crippen LogP contribution in [0.3, 0.4) is 0 Å². The molecule has 0 atom stereocenters. The topological polar surface area (TPSA) is 18.8 Å². The Morgan fingerprint density at radius 1 is 0.783 bits per heavy atom. The molecule has 0 aliphatic heterocycles. The summed E-state index contributed by atoms with van der Waals surface area (Å²) in [7, 11) is 5.82. The van der Waals surface area contributed by atoms with Crippen molar-refractivity contribution >= 4 is 14.8 Å². The molecule has 0 fully saturated rings. The summed E-state index contributed by atoms with van der Waals surface area (Å²) in [6, 6.07) is 0. The Morgan fingerprint density at radius 3 is 1.70 bits per heavy atom. The highest BCUT2D eigenvalue weighted by Gasteiger charge is 2.10. The van der Waals surface area contributed by atoms with E-state index in [1.54, 1.807) is 0 Å². The van der Waals surface area contributed by atoms with Crippen LogP contribution in [-0.4, -0.2) is 58.4 Å². The van der Waals surface area contributed by atoms with E-state index < -0.39 is 8.80 Å². The minimum Gasteiger partial charge on any atom is -0.349 e. The first kappa shape index (κ1) is 22.5. The fourth-order valence-corrected chi connectivity index (χ4v) is 4.27. The molecule has 0 saturated heterocycles. The molecule has 0 aliphatic rings. The molecule has 0 spiro atoms. The Morgan fingerprint density at radius 2 is 1.26 bits per heavy atom. The molecule has 0 aliphatic carbocycles. The smallest absolute Gasteiger partial charge is 0.195 e. The van der Waals surface area contributed by atoms with Crippen LogP contribution in [0.15, 0.2) is 4.99 Å². The van der Waals surface area contributed by atoms with Crippen molar-refractivity contribution in [3.05, 3.63) is 0 Å². The number of unbranched alkanes of at least 4 members (excludes halogenated alkanes) is 9. The van der Waals surface area contributed by atoms with E-state index in [9.17, 15) is 0 Å². The van der Waals surface area contributed by atoms with E-state index in [0.717, 1.165) is 12.5 Å². The quantitative estimate of drug-likeness (QED) is 0.208. The summed E-state index contributed by atoms with van der Waals surface area (Å²) in [4.78, 5) is 9.33. The van der Waals surface area contributed by atoms with Crippen molar-refractivity contribution in [3.63, 3.8) is 0 Å². The number of hydrogen-bond acceptors (Lipinski definition) is 1. The molecule has 0 aromatic rings. The Bertz CT molecular complexity index is 290. The normalized spacial score (nSPS) is 12.0. The van der Waals surface area contributed by atoms with E-state index in [1.807, 2.05) is 0 Å². The summed E-state index contributed by atoms with van der Waals surface area (Å²) in [5, 5.41) is 0. The van der Waals surface area contributed by atoms with Gasteiger partial charge in [-0.1, -0.05) is 77.8 Å². The average molecular weight is 342 g/mol. The second-order valence-corrected chi connectivity index (χ2v) is 10.7. The highest BCUT2D eigenvalue weighted by Crippen LogP contribution is 2.10. The predicted molar refractivity (Wildman–Crippen MR) is 109 cm³/mol. The number of rotatable bonds is 13. The third kappa shape index (κ3) is 13.6. The number of nitrogens with zero attached hydrogens (tertiary/aromatic N) is 3. The Balaban J connectivity index is 3.72. The van der Waals surface area contributed by atoms with Gasteiger partial charge in [0, 0.05) is 33.9 Å². The maximum Gasteiger partial charge on any atom is 0.195 e. The molecule has 0 bridgehead atoms. The van der Waals surface area contributed by atoms with E-state index >= 15 is 0 Å². The average Bonchev–Trinajstić information content (AvgIpc) is 2.47. The summed E-state index contributed by atoms with van der Waals surface area (Å²) < 4.78 is 0. The molecule has 0 radical (unpaired) electrons. The van der Waals surface area contributed by atoms with Gasteiger partial charge in [-0.05, 0) is 6.42 Å². The first-order chi connectivity index (χ1) is 11.0. The van der Waals surface area contributed by atoms with Gasteiger partial charge in [0.25, 0.3) is 0 Å². The van der Waals surface area contributed by atoms with E-state index in [1.165, 1.54) is 70.4 Å². The van der Waals surface area contributed by atoms with Crippen molar-refractivity contribution in [2.24, 2.45) is 4.99 Å². The molecule has 0 heterocycles. The van der Waals surface area contributed by atoms with E-state index in [4.69, 9.17) is 4.99 Å². The van der Waals surface area contributed by atoms with Crippen LogP contribution in [0.5, 0.6) is 0 Å². The molecule has 23 heavy (non-hydrogen) atoms. The second-order valence-electron chi connectivity index (χ2n) is 7.53. The lowest BCUT2D eigenvalue weighted by Gasteiger charge is -2.27. The van der Waals surface area contributed by atoms with Crippen molar-refractivity contribution in [2.75, 3.05) is 33.9 Å². The first-order valence-electron chi connectivity index (χ1n) is 9.91. The maximum atomic E-state index is 4.83. The summed E-state index contributed by atoms with van der Waals surface area (Å²) in [5.74, 6) is 1.15. The lowest BCUT2D eigenvalue weighted by atomic mass is 10.1. The van der Waals surface area contributed by atoms with Gasteiger partial charge in [0.15, 0.2) is 5.96 Å². The van der Waals surface area contributed by atoms with E-state index in [2.05, 4.69) is 51.0 Å². The van der Waals surface area contributed by atoms with E-state index in [0.29, 0.717) is 0 Å². The molecule has 0 unspecified atom stereocenters. The van der Waals surface area contributed by atoms with Crippen LogP contribution < -0.4 is 0 Å². The molecular formula is C19H43N3Si. The molecule has 0 N–H and O–H groups in total. The van der Waals surface area contributed by atoms with Crippen LogP contribution in [0.2, 0.25) is 13.1 Å². The molecule has 3 nitrogen and oxygen atoms in total. The monoisotopic (exact) mass is 341 g/mol. The fraction of sp³-hybridized carbons (Fsp3) is 0.947. The summed E-state index contributed by atoms with van der Waals surface area (Å²) in [6.07, 6.45) is 15.1. The van der Waals surface area contributed by atoms with Crippen LogP contribution in [0.4, 0.5) is 0 Å². The zero-order valence-electron chi connectivity index (χ0n) is 16.9. The van der Waals surface area contributed by atoms with Crippen molar-refractivity contribution < 1.29 is 0 Å². The minimum absolute atomic E-state index is 0.579. The van der Waals surface area contributed by atoms with Crippen LogP contribution >= 0.6 is 0 Å². The molecule has 0 aromatic carbocycles. The third-order valence-corrected chi connectivity index (χ3v) is 5.42. The maximum absolute atomic E-state index is 4.83. The first-order valence-corrected chi connectivity index (χ1v) is 13.0. The molecule has 0 rings (SSSR count). The van der Waals surface area contributed by atoms with Crippen LogP contribution in [-0.2, 0) is 0 Å². The van der Waals surface area contributed by atoms with Gasteiger partial charge >= 0.3 is 0 Å². The molecule has 0 aromatic heterocycles. The highest BCUT2D eigenvalue weighted by molar-refractivity contribution is 6.56. The summed E-state index contributed by atoms with van der Waals surface area (Å²) in [5.41, 5.74) is 0. The van der Waals surface area contributed by atoms with Gasteiger partial charge in [-0.25, -0.2) is 0 Å². The van der Waals surface area contributed by atoms with Gasteiger partial charge in [-0.3, -0.25) is 4.99 Å². The summed E-state index contributed by atoms with van der Waals surface area (Å²) in [6.45, 7) is 8.05. The van der Waals surface area contributed by atoms with Crippen LogP contribution in [0.1, 0.15) is 71.1 Å². The van der Waals surface area contributed by atoms with Gasteiger partial charge in [-0.2, -0.15) is 0 Å². The van der Waals surface area contributed by atoms with Gasteiger partial charge in [0.05, 0.1) is 8.80 Å². The highest BCUT2D eigenvalue weighted by atomic mass is 28.3. The molecule has 4 heteroatoms. The lowest BCUT2D eigenvalue weighted by molar-refractivity contribution is 0.461. The number of hydrogen-bond donors (Lipinski definition) is 0. The standard InChI is InChI=1S/C19H43N3Si/c1-7-8-9-10-11-12-13-14-15-16-17-20-19(21(2)3)22(4)18-23(5)6/h23H,7-18H2,1-6H3. The molecule has 138 valence electrons. The molecular weight excluding hydrogens is 298 g/mol. The lowest BCUT2D eigenvalue weighted by Crippen LogP contribution is -2.42. The van der Waals surface area contributed by atoms with Crippen molar-refractivity contribution in [2.45, 2.75) is 84.2 Å².